The zero-order chi connectivity index (χ0) is 22.9. The number of hydrogen-bond donors (Lipinski definition) is 1. The summed E-state index contributed by atoms with van der Waals surface area (Å²) in [6.45, 7) is 6.94. The maximum Gasteiger partial charge on any atom is 0.338 e. The zero-order valence-electron chi connectivity index (χ0n) is 19.5. The highest BCUT2D eigenvalue weighted by Crippen LogP contribution is 2.24. The number of anilines is 1. The second kappa shape index (κ2) is 11.7. The molecule has 5 nitrogen and oxygen atoms in total. The van der Waals surface area contributed by atoms with Crippen molar-refractivity contribution in [3.8, 4) is 5.75 Å². The Bertz CT molecular complexity index is 898. The first-order chi connectivity index (χ1) is 15.4. The fourth-order valence-corrected chi connectivity index (χ4v) is 4.12. The minimum Gasteiger partial charge on any atom is -0.494 e. The molecule has 1 aliphatic rings. The second-order valence-corrected chi connectivity index (χ2v) is 8.92. The van der Waals surface area contributed by atoms with E-state index in [9.17, 15) is 9.59 Å². The number of ether oxygens (including phenoxy) is 2. The third-order valence-corrected chi connectivity index (χ3v) is 5.91. The monoisotopic (exact) mass is 437 g/mol. The second-order valence-electron chi connectivity index (χ2n) is 8.92. The van der Waals surface area contributed by atoms with Gasteiger partial charge in [-0.1, -0.05) is 26.3 Å². The van der Waals surface area contributed by atoms with E-state index in [1.165, 1.54) is 17.5 Å². The van der Waals surface area contributed by atoms with Crippen molar-refractivity contribution in [2.45, 2.75) is 77.7 Å². The summed E-state index contributed by atoms with van der Waals surface area (Å²) >= 11 is 0. The summed E-state index contributed by atoms with van der Waals surface area (Å²) in [7, 11) is 0. The van der Waals surface area contributed by atoms with Crippen LogP contribution in [0.3, 0.4) is 0 Å². The molecule has 0 unspecified atom stereocenters. The molecule has 32 heavy (non-hydrogen) atoms. The number of benzene rings is 2. The highest BCUT2D eigenvalue weighted by atomic mass is 16.5. The number of rotatable bonds is 9. The molecular formula is C27H35NO4. The van der Waals surface area contributed by atoms with Crippen molar-refractivity contribution >= 4 is 17.6 Å². The Kier molecular flexibility index (Phi) is 8.72. The zero-order valence-corrected chi connectivity index (χ0v) is 19.5. The van der Waals surface area contributed by atoms with Gasteiger partial charge in [0.2, 0.25) is 5.91 Å². The van der Waals surface area contributed by atoms with Gasteiger partial charge in [-0.3, -0.25) is 4.79 Å². The first-order valence-corrected chi connectivity index (χ1v) is 11.8. The molecule has 0 saturated heterocycles. The number of aryl methyl sites for hydroxylation is 1. The Hall–Kier alpha value is -2.82. The predicted molar refractivity (Wildman–Crippen MR) is 127 cm³/mol. The molecule has 1 aliphatic carbocycles. The number of esters is 1. The molecule has 1 fully saturated rings. The number of hydrogen-bond acceptors (Lipinski definition) is 4. The lowest BCUT2D eigenvalue weighted by Crippen LogP contribution is -2.21. The van der Waals surface area contributed by atoms with Crippen LogP contribution in [0.1, 0.15) is 86.2 Å². The van der Waals surface area contributed by atoms with E-state index in [4.69, 9.17) is 9.47 Å². The highest BCUT2D eigenvalue weighted by Gasteiger charge is 2.18. The van der Waals surface area contributed by atoms with E-state index in [2.05, 4.69) is 38.2 Å². The van der Waals surface area contributed by atoms with Crippen molar-refractivity contribution < 1.29 is 19.1 Å². The molecule has 172 valence electrons. The minimum absolute atomic E-state index is 0.0369. The molecule has 2 aromatic rings. The number of carbonyl (C=O) groups is 2. The van der Waals surface area contributed by atoms with Crippen molar-refractivity contribution in [1.82, 2.24) is 0 Å². The lowest BCUT2D eigenvalue weighted by atomic mass is 9.98. The van der Waals surface area contributed by atoms with Gasteiger partial charge >= 0.3 is 5.97 Å². The van der Waals surface area contributed by atoms with E-state index < -0.39 is 0 Å². The molecule has 1 N–H and O–H groups in total. The van der Waals surface area contributed by atoms with E-state index >= 15 is 0 Å². The Morgan fingerprint density at radius 2 is 1.75 bits per heavy atom. The van der Waals surface area contributed by atoms with Gasteiger partial charge in [0.05, 0.1) is 12.2 Å². The quantitative estimate of drug-likeness (QED) is 0.364. The van der Waals surface area contributed by atoms with Crippen molar-refractivity contribution in [3.05, 3.63) is 59.2 Å². The molecule has 0 aromatic heterocycles. The Morgan fingerprint density at radius 3 is 2.41 bits per heavy atom. The van der Waals surface area contributed by atoms with Gasteiger partial charge in [0, 0.05) is 12.1 Å². The SMILES string of the molecule is Cc1cc(OCCCC(=O)Nc2ccc(C(=O)OC3CCCCC3)cc2)ccc1C(C)C. The van der Waals surface area contributed by atoms with Crippen molar-refractivity contribution in [1.29, 1.82) is 0 Å². The highest BCUT2D eigenvalue weighted by molar-refractivity contribution is 5.93. The average Bonchev–Trinajstić information content (AvgIpc) is 2.77. The largest absolute Gasteiger partial charge is 0.494 e. The van der Waals surface area contributed by atoms with Gasteiger partial charge < -0.3 is 14.8 Å². The normalized spacial score (nSPS) is 14.2. The molecular weight excluding hydrogens is 402 g/mol. The molecule has 0 heterocycles. The number of carbonyl (C=O) groups excluding carboxylic acids is 2. The third kappa shape index (κ3) is 7.11. The van der Waals surface area contributed by atoms with Crippen LogP contribution in [0.2, 0.25) is 0 Å². The molecule has 0 radical (unpaired) electrons. The fraction of sp³-hybridized carbons (Fsp3) is 0.481. The Balaban J connectivity index is 1.38. The topological polar surface area (TPSA) is 64.6 Å². The maximum atomic E-state index is 12.3. The Labute approximate surface area is 191 Å². The smallest absolute Gasteiger partial charge is 0.338 e. The molecule has 0 atom stereocenters. The van der Waals surface area contributed by atoms with Gasteiger partial charge in [-0.15, -0.1) is 0 Å². The van der Waals surface area contributed by atoms with Crippen LogP contribution in [0.5, 0.6) is 5.75 Å². The van der Waals surface area contributed by atoms with Gasteiger partial charge in [0.15, 0.2) is 0 Å². The fourth-order valence-electron chi connectivity index (χ4n) is 4.12. The first kappa shape index (κ1) is 23.8. The van der Waals surface area contributed by atoms with Gasteiger partial charge in [-0.2, -0.15) is 0 Å². The molecule has 2 aromatic carbocycles. The van der Waals surface area contributed by atoms with Crippen molar-refractivity contribution in [2.75, 3.05) is 11.9 Å². The Morgan fingerprint density at radius 1 is 1.03 bits per heavy atom. The van der Waals surface area contributed by atoms with E-state index in [1.54, 1.807) is 24.3 Å². The van der Waals surface area contributed by atoms with Crippen LogP contribution in [-0.2, 0) is 9.53 Å². The van der Waals surface area contributed by atoms with Crippen LogP contribution in [0.15, 0.2) is 42.5 Å². The summed E-state index contributed by atoms with van der Waals surface area (Å²) < 4.78 is 11.4. The van der Waals surface area contributed by atoms with E-state index in [0.717, 1.165) is 31.4 Å². The van der Waals surface area contributed by atoms with Crippen LogP contribution < -0.4 is 10.1 Å². The van der Waals surface area contributed by atoms with Crippen molar-refractivity contribution in [3.63, 3.8) is 0 Å². The summed E-state index contributed by atoms with van der Waals surface area (Å²) in [6, 6.07) is 13.0. The van der Waals surface area contributed by atoms with Crippen LogP contribution in [0, 0.1) is 6.92 Å². The summed E-state index contributed by atoms with van der Waals surface area (Å²) in [5.41, 5.74) is 3.73. The first-order valence-electron chi connectivity index (χ1n) is 11.8. The third-order valence-electron chi connectivity index (χ3n) is 5.91. The van der Waals surface area contributed by atoms with Gasteiger partial charge in [-0.25, -0.2) is 4.79 Å². The van der Waals surface area contributed by atoms with E-state index in [1.807, 2.05) is 6.07 Å². The standard InChI is InChI=1S/C27H35NO4/c1-19(2)25-16-15-24(18-20(25)3)31-17-7-10-26(29)28-22-13-11-21(12-14-22)27(30)32-23-8-5-4-6-9-23/h11-16,18-19,23H,4-10,17H2,1-3H3,(H,28,29). The molecule has 5 heteroatoms. The van der Waals surface area contributed by atoms with E-state index in [0.29, 0.717) is 36.6 Å². The molecule has 1 amide bonds. The molecule has 0 aliphatic heterocycles. The molecule has 0 spiro atoms. The minimum atomic E-state index is -0.288. The van der Waals surface area contributed by atoms with Crippen LogP contribution in [0.4, 0.5) is 5.69 Å². The lowest BCUT2D eigenvalue weighted by Gasteiger charge is -2.21. The van der Waals surface area contributed by atoms with Crippen molar-refractivity contribution in [2.24, 2.45) is 0 Å². The maximum absolute atomic E-state index is 12.3. The van der Waals surface area contributed by atoms with Crippen LogP contribution >= 0.6 is 0 Å². The number of amides is 1. The van der Waals surface area contributed by atoms with Gasteiger partial charge in [0.1, 0.15) is 11.9 Å². The van der Waals surface area contributed by atoms with Crippen LogP contribution in [0.25, 0.3) is 0 Å². The summed E-state index contributed by atoms with van der Waals surface area (Å²) in [4.78, 5) is 24.5. The number of nitrogens with one attached hydrogen (secondary N) is 1. The molecule has 0 bridgehead atoms. The van der Waals surface area contributed by atoms with E-state index in [-0.39, 0.29) is 18.0 Å². The van der Waals surface area contributed by atoms with Gasteiger partial charge in [-0.05, 0) is 92.5 Å². The van der Waals surface area contributed by atoms with Crippen LogP contribution in [-0.4, -0.2) is 24.6 Å². The van der Waals surface area contributed by atoms with Gasteiger partial charge in [0.25, 0.3) is 0 Å². The summed E-state index contributed by atoms with van der Waals surface area (Å²) in [5.74, 6) is 0.966. The summed E-state index contributed by atoms with van der Waals surface area (Å²) in [6.07, 6.45) is 6.40. The predicted octanol–water partition coefficient (Wildman–Crippen LogP) is 6.41. The summed E-state index contributed by atoms with van der Waals surface area (Å²) in [5, 5.41) is 2.87. The lowest BCUT2D eigenvalue weighted by molar-refractivity contribution is -0.116. The average molecular weight is 438 g/mol. The molecule has 1 saturated carbocycles. The molecule has 3 rings (SSSR count).